The number of pyridine rings is 1. The quantitative estimate of drug-likeness (QED) is 0.525. The summed E-state index contributed by atoms with van der Waals surface area (Å²) in [6.07, 6.45) is 8.92. The average Bonchev–Trinajstić information content (AvgIpc) is 3.20. The molecule has 30 heavy (non-hydrogen) atoms. The van der Waals surface area contributed by atoms with Gasteiger partial charge in [-0.25, -0.2) is 5.43 Å². The lowest BCUT2D eigenvalue weighted by Crippen LogP contribution is -2.29. The van der Waals surface area contributed by atoms with Crippen LogP contribution in [0.4, 0.5) is 5.69 Å². The van der Waals surface area contributed by atoms with Gasteiger partial charge in [-0.15, -0.1) is 0 Å². The first kappa shape index (κ1) is 22.0. The molecule has 0 saturated carbocycles. The Morgan fingerprint density at radius 1 is 1.37 bits per heavy atom. The van der Waals surface area contributed by atoms with Gasteiger partial charge in [0.15, 0.2) is 0 Å². The van der Waals surface area contributed by atoms with Crippen LogP contribution in [0.15, 0.2) is 72.5 Å². The number of nitrogens with two attached hydrogens (primary N) is 1. The third-order valence-corrected chi connectivity index (χ3v) is 5.29. The molecule has 2 heterocycles. The van der Waals surface area contributed by atoms with Gasteiger partial charge >= 0.3 is 0 Å². The van der Waals surface area contributed by atoms with Gasteiger partial charge in [-0.05, 0) is 48.8 Å². The van der Waals surface area contributed by atoms with Gasteiger partial charge < -0.3 is 10.8 Å². The fourth-order valence-corrected chi connectivity index (χ4v) is 3.49. The van der Waals surface area contributed by atoms with Crippen molar-refractivity contribution in [3.05, 3.63) is 83.7 Å². The molecule has 0 fully saturated rings. The van der Waals surface area contributed by atoms with Gasteiger partial charge in [-0.1, -0.05) is 56.7 Å². The fourth-order valence-electron chi connectivity index (χ4n) is 3.49. The Balaban J connectivity index is 1.84. The molecule has 0 bridgehead atoms. The monoisotopic (exact) mass is 404 g/mol. The third-order valence-electron chi connectivity index (χ3n) is 5.29. The maximum Gasteiger partial charge on any atom is 0.0706 e. The van der Waals surface area contributed by atoms with Crippen molar-refractivity contribution in [3.63, 3.8) is 0 Å². The molecular formula is C25H32N4O. The molecule has 2 aromatic rings. The van der Waals surface area contributed by atoms with E-state index in [0.717, 1.165) is 54.1 Å². The highest BCUT2D eigenvalue weighted by molar-refractivity contribution is 5.71. The normalized spacial score (nSPS) is 14.9. The molecule has 0 unspecified atom stereocenters. The number of aliphatic hydroxyl groups excluding tert-OH is 1. The smallest absolute Gasteiger partial charge is 0.0706 e. The second-order valence-electron chi connectivity index (χ2n) is 7.69. The van der Waals surface area contributed by atoms with Crippen LogP contribution in [0.1, 0.15) is 50.4 Å². The number of unbranched alkanes of at least 4 members (excludes halogenated alkanes) is 1. The number of hydrogen-bond donors (Lipinski definition) is 3. The molecule has 158 valence electrons. The molecule has 4 N–H and O–H groups in total. The number of benzene rings is 1. The molecule has 1 atom stereocenters. The summed E-state index contributed by atoms with van der Waals surface area (Å²) < 4.78 is 0. The molecule has 1 aromatic carbocycles. The van der Waals surface area contributed by atoms with Crippen LogP contribution in [0.3, 0.4) is 0 Å². The van der Waals surface area contributed by atoms with E-state index in [1.807, 2.05) is 43.4 Å². The highest BCUT2D eigenvalue weighted by Gasteiger charge is 2.20. The van der Waals surface area contributed by atoms with Crippen LogP contribution in [0.25, 0.3) is 11.3 Å². The molecular weight excluding hydrogens is 372 g/mol. The van der Waals surface area contributed by atoms with E-state index in [1.165, 1.54) is 5.56 Å². The van der Waals surface area contributed by atoms with Crippen molar-refractivity contribution >= 4 is 5.69 Å². The Morgan fingerprint density at radius 3 is 2.97 bits per heavy atom. The predicted molar refractivity (Wildman–Crippen MR) is 125 cm³/mol. The molecule has 1 aliphatic rings. The van der Waals surface area contributed by atoms with E-state index in [-0.39, 0.29) is 12.6 Å². The van der Waals surface area contributed by atoms with Gasteiger partial charge in [0.05, 0.1) is 23.7 Å². The molecule has 5 nitrogen and oxygen atoms in total. The zero-order valence-electron chi connectivity index (χ0n) is 17.9. The SMILES string of the molecule is C=C(/C=C\C=C(/C)N1NCc2ccc(-c3cccc([C@@H](N)CCCC)n3)cc21)CO. The zero-order valence-corrected chi connectivity index (χ0v) is 17.9. The zero-order chi connectivity index (χ0) is 21.5. The summed E-state index contributed by atoms with van der Waals surface area (Å²) in [7, 11) is 0. The molecule has 0 spiro atoms. The lowest BCUT2D eigenvalue weighted by Gasteiger charge is -2.20. The van der Waals surface area contributed by atoms with Gasteiger partial charge in [0.25, 0.3) is 0 Å². The maximum absolute atomic E-state index is 9.07. The number of nitrogens with one attached hydrogen (secondary N) is 1. The minimum absolute atomic E-state index is 0.0249. The Morgan fingerprint density at radius 2 is 2.20 bits per heavy atom. The molecule has 5 heteroatoms. The summed E-state index contributed by atoms with van der Waals surface area (Å²) >= 11 is 0. The summed E-state index contributed by atoms with van der Waals surface area (Å²) in [6, 6.07) is 12.5. The van der Waals surface area contributed by atoms with Crippen molar-refractivity contribution in [2.24, 2.45) is 5.73 Å². The Labute approximate surface area is 179 Å². The standard InChI is InChI=1S/C25H32N4O/c1-4-5-10-22(26)24-12-7-11-23(28-24)20-13-14-21-16-27-29(25(21)15-20)19(3)9-6-8-18(2)17-30/h6-9,11-15,22,27,30H,2,4-5,10,16-17,26H2,1,3H3/b8-6-,19-9+/t22-/m0/s1. The van der Waals surface area contributed by atoms with Crippen LogP contribution in [-0.4, -0.2) is 16.7 Å². The summed E-state index contributed by atoms with van der Waals surface area (Å²) in [5.41, 5.74) is 16.8. The molecule has 0 radical (unpaired) electrons. The van der Waals surface area contributed by atoms with Crippen molar-refractivity contribution in [2.45, 2.75) is 45.7 Å². The van der Waals surface area contributed by atoms with Gasteiger partial charge in [0.1, 0.15) is 0 Å². The van der Waals surface area contributed by atoms with Crippen molar-refractivity contribution in [1.29, 1.82) is 0 Å². The molecule has 1 aliphatic heterocycles. The second kappa shape index (κ2) is 10.3. The number of nitrogens with zero attached hydrogens (tertiary/aromatic N) is 2. The van der Waals surface area contributed by atoms with Crippen molar-refractivity contribution in [3.8, 4) is 11.3 Å². The topological polar surface area (TPSA) is 74.4 Å². The van der Waals surface area contributed by atoms with E-state index in [4.69, 9.17) is 15.8 Å². The van der Waals surface area contributed by atoms with Crippen LogP contribution < -0.4 is 16.2 Å². The van der Waals surface area contributed by atoms with Crippen molar-refractivity contribution in [2.75, 3.05) is 11.6 Å². The van der Waals surface area contributed by atoms with E-state index >= 15 is 0 Å². The van der Waals surface area contributed by atoms with Crippen LogP contribution in [-0.2, 0) is 6.54 Å². The van der Waals surface area contributed by atoms with E-state index in [9.17, 15) is 0 Å². The summed E-state index contributed by atoms with van der Waals surface area (Å²) in [5.74, 6) is 0. The average molecular weight is 405 g/mol. The Hall–Kier alpha value is -2.73. The first-order valence-corrected chi connectivity index (χ1v) is 10.6. The van der Waals surface area contributed by atoms with E-state index in [2.05, 4.69) is 42.1 Å². The number of rotatable bonds is 9. The van der Waals surface area contributed by atoms with E-state index in [0.29, 0.717) is 5.57 Å². The number of hydrogen-bond acceptors (Lipinski definition) is 5. The van der Waals surface area contributed by atoms with E-state index < -0.39 is 0 Å². The summed E-state index contributed by atoms with van der Waals surface area (Å²) in [5, 5.41) is 11.2. The Kier molecular flexibility index (Phi) is 7.57. The number of aliphatic hydroxyl groups is 1. The predicted octanol–water partition coefficient (Wildman–Crippen LogP) is 4.77. The second-order valence-corrected chi connectivity index (χ2v) is 7.69. The summed E-state index contributed by atoms with van der Waals surface area (Å²) in [4.78, 5) is 4.85. The van der Waals surface area contributed by atoms with Gasteiger partial charge in [-0.2, -0.15) is 0 Å². The first-order valence-electron chi connectivity index (χ1n) is 10.6. The van der Waals surface area contributed by atoms with Gasteiger partial charge in [0.2, 0.25) is 0 Å². The van der Waals surface area contributed by atoms with Crippen LogP contribution in [0.2, 0.25) is 0 Å². The lowest BCUT2D eigenvalue weighted by molar-refractivity contribution is 0.335. The maximum atomic E-state index is 9.07. The number of allylic oxidation sites excluding steroid dienone is 3. The van der Waals surface area contributed by atoms with Crippen molar-refractivity contribution in [1.82, 2.24) is 10.4 Å². The Bertz CT molecular complexity index is 948. The fraction of sp³-hybridized carbons (Fsp3) is 0.320. The molecule has 0 amide bonds. The number of aromatic nitrogens is 1. The van der Waals surface area contributed by atoms with Gasteiger partial charge in [0, 0.05) is 23.8 Å². The lowest BCUT2D eigenvalue weighted by atomic mass is 10.0. The van der Waals surface area contributed by atoms with Gasteiger partial charge in [-0.3, -0.25) is 9.99 Å². The summed E-state index contributed by atoms with van der Waals surface area (Å²) in [6.45, 7) is 8.74. The third kappa shape index (κ3) is 5.25. The number of anilines is 1. The minimum atomic E-state index is -0.0360. The number of fused-ring (bicyclic) bond motifs is 1. The minimum Gasteiger partial charge on any atom is -0.392 e. The highest BCUT2D eigenvalue weighted by Crippen LogP contribution is 2.32. The molecule has 0 saturated heterocycles. The first-order chi connectivity index (χ1) is 14.5. The molecule has 0 aliphatic carbocycles. The molecule has 1 aromatic heterocycles. The van der Waals surface area contributed by atoms with Crippen molar-refractivity contribution < 1.29 is 5.11 Å². The van der Waals surface area contributed by atoms with Crippen LogP contribution in [0.5, 0.6) is 0 Å². The highest BCUT2D eigenvalue weighted by atomic mass is 16.3. The van der Waals surface area contributed by atoms with Crippen LogP contribution >= 0.6 is 0 Å². The molecule has 3 rings (SSSR count). The number of hydrazine groups is 1. The van der Waals surface area contributed by atoms with Crippen LogP contribution in [0, 0.1) is 0 Å². The largest absolute Gasteiger partial charge is 0.392 e. The van der Waals surface area contributed by atoms with E-state index in [1.54, 1.807) is 0 Å².